The summed E-state index contributed by atoms with van der Waals surface area (Å²) < 4.78 is 11.5. The molecule has 0 aliphatic carbocycles. The van der Waals surface area contributed by atoms with E-state index in [2.05, 4.69) is 4.98 Å². The Morgan fingerprint density at radius 1 is 1.61 bits per heavy atom. The Morgan fingerprint density at radius 2 is 2.39 bits per heavy atom. The molecule has 98 valence electrons. The van der Waals surface area contributed by atoms with Gasteiger partial charge in [0.25, 0.3) is 5.56 Å². The number of rotatable bonds is 3. The number of hydrogen-bond acceptors (Lipinski definition) is 5. The summed E-state index contributed by atoms with van der Waals surface area (Å²) >= 11 is 5.40. The Bertz CT molecular complexity index is 564. The second-order valence-corrected chi connectivity index (χ2v) is 3.83. The van der Waals surface area contributed by atoms with Crippen LogP contribution in [0.5, 0.6) is 0 Å². The summed E-state index contributed by atoms with van der Waals surface area (Å²) in [6.45, 7) is -0.190. The molecule has 2 atom stereocenters. The molecular weight excluding hydrogens is 264 g/mol. The van der Waals surface area contributed by atoms with Crippen LogP contribution in [0.25, 0.3) is 6.08 Å². The summed E-state index contributed by atoms with van der Waals surface area (Å²) in [5.74, 6) is 0. The largest absolute Gasteiger partial charge is 0.391 e. The van der Waals surface area contributed by atoms with E-state index in [4.69, 9.17) is 26.2 Å². The number of aromatic amines is 1. The summed E-state index contributed by atoms with van der Waals surface area (Å²) in [5, 5.41) is 8.86. The zero-order valence-electron chi connectivity index (χ0n) is 9.21. The zero-order valence-corrected chi connectivity index (χ0v) is 9.96. The number of nitrogens with one attached hydrogen (secondary N) is 1. The van der Waals surface area contributed by atoms with Gasteiger partial charge in [-0.05, 0) is 6.08 Å². The van der Waals surface area contributed by atoms with Gasteiger partial charge in [-0.2, -0.15) is 0 Å². The van der Waals surface area contributed by atoms with Crippen LogP contribution in [-0.4, -0.2) is 34.2 Å². The van der Waals surface area contributed by atoms with Crippen LogP contribution in [0.4, 0.5) is 0 Å². The normalized spacial score (nSPS) is 23.9. The van der Waals surface area contributed by atoms with Gasteiger partial charge in [-0.25, -0.2) is 4.79 Å². The lowest BCUT2D eigenvalue weighted by Crippen LogP contribution is -2.34. The minimum Gasteiger partial charge on any atom is -0.391 e. The van der Waals surface area contributed by atoms with E-state index in [0.29, 0.717) is 0 Å². The lowest BCUT2D eigenvalue weighted by Gasteiger charge is -2.12. The van der Waals surface area contributed by atoms with Crippen LogP contribution in [-0.2, 0) is 9.47 Å². The molecule has 0 amide bonds. The molecule has 1 aromatic heterocycles. The van der Waals surface area contributed by atoms with Gasteiger partial charge < -0.3 is 14.6 Å². The summed E-state index contributed by atoms with van der Waals surface area (Å²) in [6.07, 6.45) is 1.23. The molecule has 8 heteroatoms. The number of halogens is 1. The van der Waals surface area contributed by atoms with Crippen LogP contribution < -0.4 is 11.2 Å². The molecule has 1 aliphatic heterocycles. The Balaban J connectivity index is 2.36. The molecule has 1 fully saturated rings. The van der Waals surface area contributed by atoms with Crippen molar-refractivity contribution in [3.8, 4) is 0 Å². The minimum absolute atomic E-state index is 0.112. The van der Waals surface area contributed by atoms with E-state index in [9.17, 15) is 9.59 Å². The van der Waals surface area contributed by atoms with Gasteiger partial charge in [0, 0.05) is 11.7 Å². The number of nitrogens with zero attached hydrogens (tertiary/aromatic N) is 1. The Morgan fingerprint density at radius 3 is 3.00 bits per heavy atom. The Hall–Kier alpha value is -1.41. The zero-order chi connectivity index (χ0) is 13.1. The van der Waals surface area contributed by atoms with E-state index in [0.717, 1.165) is 0 Å². The van der Waals surface area contributed by atoms with Crippen molar-refractivity contribution in [3.05, 3.63) is 38.1 Å². The standard InChI is InChI=1S/C10H11ClN2O5/c11-2-1-6-3-13(10(16)12-9(6)15)7-5-17-8(4-14)18-7/h1-3,7-8,14H,4-5H2,(H,12,15,16)/b2-1+/t7-,8+/m1/s1. The fourth-order valence-corrected chi connectivity index (χ4v) is 1.72. The van der Waals surface area contributed by atoms with Crippen molar-refractivity contribution in [2.45, 2.75) is 12.5 Å². The fraction of sp³-hybridized carbons (Fsp3) is 0.400. The Labute approximate surface area is 106 Å². The molecule has 7 nitrogen and oxygen atoms in total. The highest BCUT2D eigenvalue weighted by molar-refractivity contribution is 6.27. The first-order valence-corrected chi connectivity index (χ1v) is 5.59. The quantitative estimate of drug-likeness (QED) is 0.783. The third-order valence-electron chi connectivity index (χ3n) is 2.43. The minimum atomic E-state index is -0.763. The highest BCUT2D eigenvalue weighted by Crippen LogP contribution is 2.18. The van der Waals surface area contributed by atoms with Crippen molar-refractivity contribution < 1.29 is 14.6 Å². The van der Waals surface area contributed by atoms with Crippen molar-refractivity contribution in [1.82, 2.24) is 9.55 Å². The average molecular weight is 275 g/mol. The monoisotopic (exact) mass is 274 g/mol. The molecule has 2 N–H and O–H groups in total. The van der Waals surface area contributed by atoms with E-state index >= 15 is 0 Å². The van der Waals surface area contributed by atoms with Crippen LogP contribution in [0.3, 0.4) is 0 Å². The fourth-order valence-electron chi connectivity index (χ4n) is 1.59. The number of aliphatic hydroxyl groups is 1. The third kappa shape index (κ3) is 2.54. The van der Waals surface area contributed by atoms with Gasteiger partial charge in [-0.15, -0.1) is 0 Å². The first kappa shape index (κ1) is 13.0. The molecule has 0 unspecified atom stereocenters. The summed E-state index contributed by atoms with van der Waals surface area (Å²) in [6, 6.07) is 0. The second-order valence-electron chi connectivity index (χ2n) is 3.58. The summed E-state index contributed by atoms with van der Waals surface area (Å²) in [7, 11) is 0. The van der Waals surface area contributed by atoms with E-state index in [1.807, 2.05) is 0 Å². The molecule has 18 heavy (non-hydrogen) atoms. The first-order chi connectivity index (χ1) is 8.65. The maximum atomic E-state index is 11.6. The maximum absolute atomic E-state index is 11.6. The van der Waals surface area contributed by atoms with Crippen molar-refractivity contribution in [2.75, 3.05) is 13.2 Å². The van der Waals surface area contributed by atoms with Gasteiger partial charge in [0.1, 0.15) is 0 Å². The topological polar surface area (TPSA) is 93.6 Å². The molecular formula is C10H11ClN2O5. The van der Waals surface area contributed by atoms with E-state index in [1.54, 1.807) is 0 Å². The van der Waals surface area contributed by atoms with Crippen LogP contribution in [0, 0.1) is 0 Å². The van der Waals surface area contributed by atoms with Crippen molar-refractivity contribution in [3.63, 3.8) is 0 Å². The highest BCUT2D eigenvalue weighted by atomic mass is 35.5. The highest BCUT2D eigenvalue weighted by Gasteiger charge is 2.27. The van der Waals surface area contributed by atoms with Gasteiger partial charge in [-0.1, -0.05) is 11.6 Å². The first-order valence-electron chi connectivity index (χ1n) is 5.16. The van der Waals surface area contributed by atoms with Crippen LogP contribution in [0.15, 0.2) is 21.3 Å². The van der Waals surface area contributed by atoms with Gasteiger partial charge in [0.2, 0.25) is 0 Å². The van der Waals surface area contributed by atoms with Crippen LogP contribution in [0.1, 0.15) is 11.8 Å². The molecule has 1 saturated heterocycles. The lowest BCUT2D eigenvalue weighted by molar-refractivity contribution is -0.0993. The number of aliphatic hydroxyl groups excluding tert-OH is 1. The lowest BCUT2D eigenvalue weighted by atomic mass is 10.3. The van der Waals surface area contributed by atoms with Crippen molar-refractivity contribution >= 4 is 17.7 Å². The molecule has 1 aromatic rings. The van der Waals surface area contributed by atoms with Gasteiger partial charge >= 0.3 is 5.69 Å². The predicted molar refractivity (Wildman–Crippen MR) is 63.2 cm³/mol. The predicted octanol–water partition coefficient (Wildman–Crippen LogP) is -0.390. The maximum Gasteiger partial charge on any atom is 0.330 e. The number of H-pyrrole nitrogens is 1. The van der Waals surface area contributed by atoms with Crippen molar-refractivity contribution in [1.29, 1.82) is 0 Å². The summed E-state index contributed by atoms with van der Waals surface area (Å²) in [5.41, 5.74) is 0.243. The van der Waals surface area contributed by atoms with Gasteiger partial charge in [-0.3, -0.25) is 14.3 Å². The molecule has 0 saturated carbocycles. The molecule has 0 bridgehead atoms. The van der Waals surface area contributed by atoms with Gasteiger partial charge in [0.05, 0.1) is 18.8 Å². The molecule has 0 aromatic carbocycles. The molecule has 2 heterocycles. The SMILES string of the molecule is O=c1[nH]c(=O)n([C@H]2CO[C@H](CO)O2)cc1/C=C/Cl. The number of ether oxygens (including phenoxy) is 2. The summed E-state index contributed by atoms with van der Waals surface area (Å²) in [4.78, 5) is 25.2. The third-order valence-corrected chi connectivity index (χ3v) is 2.56. The van der Waals surface area contributed by atoms with E-state index in [-0.39, 0.29) is 18.8 Å². The number of hydrogen-bond donors (Lipinski definition) is 2. The van der Waals surface area contributed by atoms with E-state index < -0.39 is 23.8 Å². The number of aromatic nitrogens is 2. The molecule has 0 radical (unpaired) electrons. The van der Waals surface area contributed by atoms with E-state index in [1.165, 1.54) is 22.4 Å². The molecule has 0 spiro atoms. The van der Waals surface area contributed by atoms with Crippen LogP contribution >= 0.6 is 11.6 Å². The Kier molecular flexibility index (Phi) is 3.97. The van der Waals surface area contributed by atoms with Crippen LogP contribution in [0.2, 0.25) is 0 Å². The van der Waals surface area contributed by atoms with Crippen molar-refractivity contribution in [2.24, 2.45) is 0 Å². The average Bonchev–Trinajstić information content (AvgIpc) is 2.81. The second kappa shape index (κ2) is 5.49. The molecule has 1 aliphatic rings. The van der Waals surface area contributed by atoms with Gasteiger partial charge in [0.15, 0.2) is 12.5 Å². The smallest absolute Gasteiger partial charge is 0.330 e. The molecule has 2 rings (SSSR count).